The van der Waals surface area contributed by atoms with Gasteiger partial charge < -0.3 is 20.5 Å². The third-order valence-electron chi connectivity index (χ3n) is 5.58. The van der Waals surface area contributed by atoms with Crippen molar-refractivity contribution in [3.8, 4) is 5.75 Å². The summed E-state index contributed by atoms with van der Waals surface area (Å²) in [6.45, 7) is 0.0835. The van der Waals surface area contributed by atoms with Gasteiger partial charge in [0.05, 0.1) is 32.2 Å². The van der Waals surface area contributed by atoms with E-state index in [0.717, 1.165) is 11.1 Å². The van der Waals surface area contributed by atoms with Crippen LogP contribution in [0, 0.1) is 5.41 Å². The largest absolute Gasteiger partial charge is 0.497 e. The van der Waals surface area contributed by atoms with E-state index in [1.807, 2.05) is 12.1 Å². The highest BCUT2D eigenvalue weighted by Gasteiger charge is 2.31. The molecule has 1 aliphatic rings. The molecule has 188 valence electrons. The second kappa shape index (κ2) is 11.8. The second-order valence-corrected chi connectivity index (χ2v) is 10.2. The van der Waals surface area contributed by atoms with E-state index in [-0.39, 0.29) is 43.3 Å². The molecule has 1 fully saturated rings. The van der Waals surface area contributed by atoms with E-state index in [1.165, 1.54) is 0 Å². The number of nitrogens with two attached hydrogens (primary N) is 1. The minimum atomic E-state index is -3.62. The van der Waals surface area contributed by atoms with Crippen LogP contribution in [-0.4, -0.2) is 57.7 Å². The highest BCUT2D eigenvalue weighted by atomic mass is 32.2. The van der Waals surface area contributed by atoms with Gasteiger partial charge in [-0.3, -0.25) is 15.0 Å². The van der Waals surface area contributed by atoms with Gasteiger partial charge in [0, 0.05) is 18.0 Å². The van der Waals surface area contributed by atoms with Gasteiger partial charge >= 0.3 is 5.97 Å². The lowest BCUT2D eigenvalue weighted by Gasteiger charge is -2.29. The molecule has 11 heteroatoms. The fourth-order valence-corrected chi connectivity index (χ4v) is 5.04. The monoisotopic (exact) mass is 502 g/mol. The van der Waals surface area contributed by atoms with E-state index in [2.05, 4.69) is 10.0 Å². The molecule has 35 heavy (non-hydrogen) atoms. The van der Waals surface area contributed by atoms with Gasteiger partial charge in [0.25, 0.3) is 0 Å². The number of rotatable bonds is 11. The van der Waals surface area contributed by atoms with Crippen LogP contribution >= 0.6 is 0 Å². The second-order valence-electron chi connectivity index (χ2n) is 8.37. The van der Waals surface area contributed by atoms with Gasteiger partial charge in [-0.05, 0) is 29.7 Å². The number of benzene rings is 2. The molecule has 3 rings (SSSR count). The zero-order valence-corrected chi connectivity index (χ0v) is 20.3. The van der Waals surface area contributed by atoms with Crippen LogP contribution in [0.1, 0.15) is 29.5 Å². The normalized spacial score (nSPS) is 17.9. The smallest absolute Gasteiger partial charge is 0.307 e. The van der Waals surface area contributed by atoms with Crippen molar-refractivity contribution in [1.29, 1.82) is 5.41 Å². The predicted octanol–water partition coefficient (Wildman–Crippen LogP) is 0.874. The standard InChI is InChI=1S/C24H30N4O6S/c1-33-20-8-4-16(5-9-20)10-11-35(31,32)28-19-13-21(34-23(30)14-19)15-27-22(29)12-17-2-6-18(7-3-17)24(25)26/h2-9,19,21,28H,10-15H2,1H3,(H3,25,26)(H,27,29). The molecule has 0 aromatic heterocycles. The summed E-state index contributed by atoms with van der Waals surface area (Å²) in [5, 5.41) is 10.1. The highest BCUT2D eigenvalue weighted by Crippen LogP contribution is 2.17. The van der Waals surface area contributed by atoms with Crippen molar-refractivity contribution in [3.05, 3.63) is 65.2 Å². The third kappa shape index (κ3) is 8.37. The predicted molar refractivity (Wildman–Crippen MR) is 131 cm³/mol. The number of nitrogens with one attached hydrogen (secondary N) is 3. The molecule has 0 spiro atoms. The highest BCUT2D eigenvalue weighted by molar-refractivity contribution is 7.89. The molecule has 1 heterocycles. The van der Waals surface area contributed by atoms with Crippen LogP contribution < -0.4 is 20.5 Å². The van der Waals surface area contributed by atoms with Gasteiger partial charge in [0.1, 0.15) is 17.7 Å². The number of carbonyl (C=O) groups excluding carboxylic acids is 2. The molecular formula is C24H30N4O6S. The first kappa shape index (κ1) is 26.2. The minimum Gasteiger partial charge on any atom is -0.497 e. The molecule has 10 nitrogen and oxygen atoms in total. The Morgan fingerprint density at radius 2 is 1.80 bits per heavy atom. The Hall–Kier alpha value is -3.44. The molecule has 5 N–H and O–H groups in total. The summed E-state index contributed by atoms with van der Waals surface area (Å²) in [6, 6.07) is 13.3. The molecule has 1 aliphatic heterocycles. The number of cyclic esters (lactones) is 1. The van der Waals surface area contributed by atoms with Crippen molar-refractivity contribution in [3.63, 3.8) is 0 Å². The SMILES string of the molecule is COc1ccc(CCS(=O)(=O)NC2CC(=O)OC(CNC(=O)Cc3ccc(C(=N)N)cc3)C2)cc1. The van der Waals surface area contributed by atoms with Crippen LogP contribution in [0.25, 0.3) is 0 Å². The summed E-state index contributed by atoms with van der Waals surface area (Å²) >= 11 is 0. The molecule has 1 saturated heterocycles. The number of nitrogen functional groups attached to an aromatic ring is 1. The molecule has 2 aromatic rings. The number of amides is 1. The summed E-state index contributed by atoms with van der Waals surface area (Å²) in [4.78, 5) is 24.3. The Bertz CT molecular complexity index is 1150. The fourth-order valence-electron chi connectivity index (χ4n) is 3.73. The van der Waals surface area contributed by atoms with E-state index < -0.39 is 28.1 Å². The Morgan fingerprint density at radius 1 is 1.14 bits per heavy atom. The van der Waals surface area contributed by atoms with Gasteiger partial charge in [-0.2, -0.15) is 0 Å². The summed E-state index contributed by atoms with van der Waals surface area (Å²) in [5.74, 6) is -0.253. The van der Waals surface area contributed by atoms with E-state index in [0.29, 0.717) is 17.7 Å². The number of esters is 1. The Morgan fingerprint density at radius 3 is 2.43 bits per heavy atom. The average Bonchev–Trinajstić information content (AvgIpc) is 2.81. The first-order chi connectivity index (χ1) is 16.6. The van der Waals surface area contributed by atoms with Gasteiger partial charge in [0.15, 0.2) is 0 Å². The first-order valence-corrected chi connectivity index (χ1v) is 12.8. The number of sulfonamides is 1. The number of aryl methyl sites for hydroxylation is 1. The molecule has 0 bridgehead atoms. The van der Waals surface area contributed by atoms with Crippen LogP contribution in [0.4, 0.5) is 0 Å². The van der Waals surface area contributed by atoms with E-state index in [9.17, 15) is 18.0 Å². The van der Waals surface area contributed by atoms with Crippen LogP contribution in [0.5, 0.6) is 5.75 Å². The summed E-state index contributed by atoms with van der Waals surface area (Å²) in [7, 11) is -2.06. The first-order valence-electron chi connectivity index (χ1n) is 11.2. The van der Waals surface area contributed by atoms with Crippen molar-refractivity contribution in [2.24, 2.45) is 5.73 Å². The van der Waals surface area contributed by atoms with Gasteiger partial charge in [0.2, 0.25) is 15.9 Å². The number of hydrogen-bond acceptors (Lipinski definition) is 7. The van der Waals surface area contributed by atoms with Crippen LogP contribution in [0.3, 0.4) is 0 Å². The van der Waals surface area contributed by atoms with Gasteiger partial charge in [-0.15, -0.1) is 0 Å². The number of carbonyl (C=O) groups is 2. The minimum absolute atomic E-state index is 0.0500. The van der Waals surface area contributed by atoms with Gasteiger partial charge in [-0.1, -0.05) is 36.4 Å². The quantitative estimate of drug-likeness (QED) is 0.201. The fraction of sp³-hybridized carbons (Fsp3) is 0.375. The van der Waals surface area contributed by atoms with Crippen molar-refractivity contribution >= 4 is 27.7 Å². The number of ether oxygens (including phenoxy) is 2. The van der Waals surface area contributed by atoms with Crippen LogP contribution in [0.2, 0.25) is 0 Å². The van der Waals surface area contributed by atoms with Crippen molar-refractivity contribution in [2.75, 3.05) is 19.4 Å². The van der Waals surface area contributed by atoms with Crippen molar-refractivity contribution < 1.29 is 27.5 Å². The van der Waals surface area contributed by atoms with Gasteiger partial charge in [-0.25, -0.2) is 13.1 Å². The van der Waals surface area contributed by atoms with E-state index in [1.54, 1.807) is 43.5 Å². The number of methoxy groups -OCH3 is 1. The summed E-state index contributed by atoms with van der Waals surface area (Å²) in [6.07, 6.45) is 0.00832. The lowest BCUT2D eigenvalue weighted by atomic mass is 10.0. The third-order valence-corrected chi connectivity index (χ3v) is 7.01. The average molecular weight is 503 g/mol. The maximum absolute atomic E-state index is 12.6. The molecule has 0 radical (unpaired) electrons. The number of amidine groups is 1. The van der Waals surface area contributed by atoms with Crippen molar-refractivity contribution in [1.82, 2.24) is 10.0 Å². The Balaban J connectivity index is 1.46. The molecule has 2 atom stereocenters. The zero-order chi connectivity index (χ0) is 25.4. The zero-order valence-electron chi connectivity index (χ0n) is 19.5. The Labute approximate surface area is 204 Å². The Kier molecular flexibility index (Phi) is 8.83. The van der Waals surface area contributed by atoms with E-state index >= 15 is 0 Å². The number of hydrogen-bond donors (Lipinski definition) is 4. The van der Waals surface area contributed by atoms with E-state index in [4.69, 9.17) is 20.6 Å². The van der Waals surface area contributed by atoms with Crippen LogP contribution in [-0.2, 0) is 37.2 Å². The summed E-state index contributed by atoms with van der Waals surface area (Å²) in [5.41, 5.74) is 7.60. The topological polar surface area (TPSA) is 161 Å². The molecular weight excluding hydrogens is 472 g/mol. The lowest BCUT2D eigenvalue weighted by Crippen LogP contribution is -2.47. The van der Waals surface area contributed by atoms with Crippen LogP contribution in [0.15, 0.2) is 48.5 Å². The van der Waals surface area contributed by atoms with Crippen molar-refractivity contribution in [2.45, 2.75) is 37.8 Å². The maximum atomic E-state index is 12.6. The molecule has 0 aliphatic carbocycles. The molecule has 1 amide bonds. The maximum Gasteiger partial charge on any atom is 0.307 e. The summed E-state index contributed by atoms with van der Waals surface area (Å²) < 4.78 is 38.1. The molecule has 2 unspecified atom stereocenters. The molecule has 2 aromatic carbocycles. The lowest BCUT2D eigenvalue weighted by molar-refractivity contribution is -0.155. The molecule has 0 saturated carbocycles.